The van der Waals surface area contributed by atoms with Crippen LogP contribution in [0.5, 0.6) is 5.75 Å². The first-order valence-electron chi connectivity index (χ1n) is 11.7. The molecule has 178 valence electrons. The number of unbranched alkanes of at least 4 members (excludes halogenated alkanes) is 3. The summed E-state index contributed by atoms with van der Waals surface area (Å²) in [5.74, 6) is 0.924. The molecular weight excluding hydrogens is 435 g/mol. The summed E-state index contributed by atoms with van der Waals surface area (Å²) < 4.78 is 16.3. The molecule has 6 nitrogen and oxygen atoms in total. The van der Waals surface area contributed by atoms with E-state index < -0.39 is 7.60 Å². The Hall–Kier alpha value is -2.24. The molecule has 2 aromatic carbocycles. The van der Waals surface area contributed by atoms with Crippen LogP contribution in [0.4, 0.5) is 0 Å². The topological polar surface area (TPSA) is 91.7 Å². The molecule has 0 aliphatic heterocycles. The molecule has 1 aromatic heterocycles. The van der Waals surface area contributed by atoms with Crippen molar-refractivity contribution in [3.63, 3.8) is 0 Å². The van der Waals surface area contributed by atoms with Crippen LogP contribution in [0.3, 0.4) is 0 Å². The van der Waals surface area contributed by atoms with Gasteiger partial charge in [-0.2, -0.15) is 0 Å². The number of rotatable bonds is 14. The van der Waals surface area contributed by atoms with E-state index in [0.717, 1.165) is 36.1 Å². The number of methoxy groups -OCH3 is 1. The summed E-state index contributed by atoms with van der Waals surface area (Å²) in [4.78, 5) is 22.5. The van der Waals surface area contributed by atoms with Crippen molar-refractivity contribution in [3.05, 3.63) is 71.4 Å². The normalized spacial score (nSPS) is 11.7. The van der Waals surface area contributed by atoms with Crippen molar-refractivity contribution in [2.24, 2.45) is 0 Å². The molecule has 0 fully saturated rings. The summed E-state index contributed by atoms with van der Waals surface area (Å²) in [7, 11) is -2.21. The zero-order valence-electron chi connectivity index (χ0n) is 19.4. The molecule has 0 bridgehead atoms. The zero-order chi connectivity index (χ0) is 23.5. The van der Waals surface area contributed by atoms with Crippen LogP contribution in [-0.4, -0.2) is 34.6 Å². The SMILES string of the molecule is COc1cccc(CCCCCCc2ccc(CNCCCP(=O)(O)O)c3ncccc23)c1. The van der Waals surface area contributed by atoms with Gasteiger partial charge in [0.2, 0.25) is 0 Å². The fourth-order valence-electron chi connectivity index (χ4n) is 4.11. The maximum Gasteiger partial charge on any atom is 0.325 e. The lowest BCUT2D eigenvalue weighted by molar-refractivity contribution is 0.371. The summed E-state index contributed by atoms with van der Waals surface area (Å²) in [5.41, 5.74) is 4.79. The third kappa shape index (κ3) is 8.56. The number of hydrogen-bond donors (Lipinski definition) is 3. The molecule has 3 rings (SSSR count). The Morgan fingerprint density at radius 3 is 2.52 bits per heavy atom. The molecule has 0 radical (unpaired) electrons. The van der Waals surface area contributed by atoms with Gasteiger partial charge < -0.3 is 19.8 Å². The fraction of sp³-hybridized carbons (Fsp3) is 0.423. The van der Waals surface area contributed by atoms with E-state index in [9.17, 15) is 4.57 Å². The molecule has 3 aromatic rings. The smallest absolute Gasteiger partial charge is 0.325 e. The summed E-state index contributed by atoms with van der Waals surface area (Å²) >= 11 is 0. The largest absolute Gasteiger partial charge is 0.497 e. The molecule has 0 atom stereocenters. The quantitative estimate of drug-likeness (QED) is 0.220. The zero-order valence-corrected chi connectivity index (χ0v) is 20.3. The van der Waals surface area contributed by atoms with Crippen LogP contribution in [0.15, 0.2) is 54.7 Å². The molecular formula is C26H35N2O4P. The number of ether oxygens (including phenoxy) is 1. The van der Waals surface area contributed by atoms with Crippen LogP contribution in [0, 0.1) is 0 Å². The van der Waals surface area contributed by atoms with E-state index in [4.69, 9.17) is 14.5 Å². The Balaban J connectivity index is 1.45. The minimum absolute atomic E-state index is 0.0858. The van der Waals surface area contributed by atoms with Crippen LogP contribution in [0.2, 0.25) is 0 Å². The Morgan fingerprint density at radius 2 is 1.73 bits per heavy atom. The lowest BCUT2D eigenvalue weighted by Gasteiger charge is -2.12. The van der Waals surface area contributed by atoms with E-state index in [1.807, 2.05) is 18.3 Å². The average Bonchev–Trinajstić information content (AvgIpc) is 2.81. The van der Waals surface area contributed by atoms with E-state index >= 15 is 0 Å². The van der Waals surface area contributed by atoms with Gasteiger partial charge in [0.25, 0.3) is 0 Å². The fourth-order valence-corrected chi connectivity index (χ4v) is 4.68. The molecule has 0 unspecified atom stereocenters. The van der Waals surface area contributed by atoms with Gasteiger partial charge >= 0.3 is 7.60 Å². The average molecular weight is 471 g/mol. The molecule has 0 aliphatic carbocycles. The van der Waals surface area contributed by atoms with E-state index in [0.29, 0.717) is 19.5 Å². The standard InChI is InChI=1S/C26H35N2O4P/c1-32-24-12-6-10-21(19-24)9-4-2-3-5-11-22-14-15-23(26-25(22)13-7-17-28-26)20-27-16-8-18-33(29,30)31/h6-7,10,12-15,17,19,27H,2-5,8-9,11,16,18,20H2,1H3,(H2,29,30,31). The van der Waals surface area contributed by atoms with Crippen molar-refractivity contribution >= 4 is 18.5 Å². The van der Waals surface area contributed by atoms with Gasteiger partial charge in [-0.25, -0.2) is 0 Å². The van der Waals surface area contributed by atoms with E-state index in [2.05, 4.69) is 46.7 Å². The van der Waals surface area contributed by atoms with E-state index in [-0.39, 0.29) is 6.16 Å². The maximum absolute atomic E-state index is 11.0. The molecule has 0 aliphatic rings. The number of nitrogens with zero attached hydrogens (tertiary/aromatic N) is 1. The van der Waals surface area contributed by atoms with Gasteiger partial charge in [0, 0.05) is 18.1 Å². The monoisotopic (exact) mass is 470 g/mol. The third-order valence-electron chi connectivity index (χ3n) is 5.86. The van der Waals surface area contributed by atoms with Gasteiger partial charge in [-0.1, -0.05) is 43.2 Å². The highest BCUT2D eigenvalue weighted by atomic mass is 31.2. The molecule has 33 heavy (non-hydrogen) atoms. The number of benzene rings is 2. The molecule has 0 saturated carbocycles. The third-order valence-corrected chi connectivity index (χ3v) is 6.76. The summed E-state index contributed by atoms with van der Waals surface area (Å²) in [5, 5.41) is 4.48. The number of aromatic nitrogens is 1. The first kappa shape index (κ1) is 25.4. The Labute approximate surface area is 196 Å². The van der Waals surface area contributed by atoms with Crippen molar-refractivity contribution in [1.29, 1.82) is 0 Å². The van der Waals surface area contributed by atoms with Gasteiger partial charge in [0.1, 0.15) is 5.75 Å². The first-order chi connectivity index (χ1) is 16.0. The van der Waals surface area contributed by atoms with Gasteiger partial charge in [-0.05, 0) is 73.5 Å². The number of hydrogen-bond acceptors (Lipinski definition) is 4. The van der Waals surface area contributed by atoms with Crippen LogP contribution in [0.1, 0.15) is 48.8 Å². The second-order valence-corrected chi connectivity index (χ2v) is 10.2. The predicted octanol–water partition coefficient (Wildman–Crippen LogP) is 5.25. The van der Waals surface area contributed by atoms with Crippen molar-refractivity contribution in [2.75, 3.05) is 19.8 Å². The minimum Gasteiger partial charge on any atom is -0.497 e. The van der Waals surface area contributed by atoms with E-state index in [1.54, 1.807) is 7.11 Å². The Morgan fingerprint density at radius 1 is 0.939 bits per heavy atom. The predicted molar refractivity (Wildman–Crippen MR) is 134 cm³/mol. The van der Waals surface area contributed by atoms with Crippen LogP contribution < -0.4 is 10.1 Å². The molecule has 0 spiro atoms. The number of aryl methyl sites for hydroxylation is 2. The highest BCUT2D eigenvalue weighted by molar-refractivity contribution is 7.51. The number of pyridine rings is 1. The molecule has 3 N–H and O–H groups in total. The molecule has 1 heterocycles. The van der Waals surface area contributed by atoms with Crippen molar-refractivity contribution in [2.45, 2.75) is 51.5 Å². The van der Waals surface area contributed by atoms with Crippen LogP contribution in [-0.2, 0) is 24.0 Å². The highest BCUT2D eigenvalue weighted by Crippen LogP contribution is 2.34. The van der Waals surface area contributed by atoms with Crippen molar-refractivity contribution in [3.8, 4) is 5.75 Å². The lowest BCUT2D eigenvalue weighted by atomic mass is 9.98. The number of nitrogens with one attached hydrogen (secondary N) is 1. The summed E-state index contributed by atoms with van der Waals surface area (Å²) in [6, 6.07) is 16.8. The van der Waals surface area contributed by atoms with E-state index in [1.165, 1.54) is 35.8 Å². The van der Waals surface area contributed by atoms with Crippen molar-refractivity contribution < 1.29 is 19.1 Å². The maximum atomic E-state index is 11.0. The number of fused-ring (bicyclic) bond motifs is 1. The minimum atomic E-state index is -3.92. The van der Waals surface area contributed by atoms with Gasteiger partial charge in [0.05, 0.1) is 18.8 Å². The van der Waals surface area contributed by atoms with Gasteiger partial charge in [0.15, 0.2) is 0 Å². The lowest BCUT2D eigenvalue weighted by Crippen LogP contribution is -2.16. The molecule has 7 heteroatoms. The van der Waals surface area contributed by atoms with Gasteiger partial charge in [-0.15, -0.1) is 0 Å². The molecule has 0 amide bonds. The second-order valence-electron chi connectivity index (χ2n) is 8.47. The van der Waals surface area contributed by atoms with Crippen molar-refractivity contribution in [1.82, 2.24) is 10.3 Å². The van der Waals surface area contributed by atoms with Crippen LogP contribution >= 0.6 is 7.60 Å². The second kappa shape index (κ2) is 12.9. The summed E-state index contributed by atoms with van der Waals surface area (Å²) in [6.07, 6.45) is 9.06. The first-order valence-corrected chi connectivity index (χ1v) is 13.5. The summed E-state index contributed by atoms with van der Waals surface area (Å²) in [6.45, 7) is 1.20. The Bertz CT molecular complexity index is 1070. The van der Waals surface area contributed by atoms with Gasteiger partial charge in [-0.3, -0.25) is 9.55 Å². The van der Waals surface area contributed by atoms with Crippen LogP contribution in [0.25, 0.3) is 10.9 Å². The Kier molecular flexibility index (Phi) is 9.89. The highest BCUT2D eigenvalue weighted by Gasteiger charge is 2.11. The molecule has 0 saturated heterocycles.